The van der Waals surface area contributed by atoms with Crippen LogP contribution in [0.4, 0.5) is 0 Å². The molecule has 0 saturated heterocycles. The van der Waals surface area contributed by atoms with Crippen molar-refractivity contribution < 1.29 is 24.2 Å². The molecule has 0 bridgehead atoms. The summed E-state index contributed by atoms with van der Waals surface area (Å²) < 4.78 is 12.8. The zero-order chi connectivity index (χ0) is 21.8. The zero-order valence-corrected chi connectivity index (χ0v) is 17.2. The first-order chi connectivity index (χ1) is 15.0. The Morgan fingerprint density at radius 2 is 2.06 bits per heavy atom. The number of hydrogen-bond donors (Lipinski definition) is 1. The maximum absolute atomic E-state index is 13.0. The van der Waals surface area contributed by atoms with Gasteiger partial charge in [-0.2, -0.15) is 0 Å². The largest absolute Gasteiger partial charge is 0.493 e. The van der Waals surface area contributed by atoms with Gasteiger partial charge in [-0.05, 0) is 60.5 Å². The number of fused-ring (bicyclic) bond motifs is 1. The first kappa shape index (κ1) is 20.5. The number of carboxylic acids is 1. The molecule has 1 N–H and O–H groups in total. The number of carbonyl (C=O) groups excluding carboxylic acids is 1. The van der Waals surface area contributed by atoms with Crippen LogP contribution in [0.1, 0.15) is 34.1 Å². The fourth-order valence-corrected chi connectivity index (χ4v) is 3.50. The topological polar surface area (TPSA) is 77.8 Å². The van der Waals surface area contributed by atoms with Gasteiger partial charge < -0.3 is 19.1 Å². The fourth-order valence-electron chi connectivity index (χ4n) is 3.50. The van der Waals surface area contributed by atoms with Crippen LogP contribution in [0.2, 0.25) is 0 Å². The average Bonchev–Trinajstić information content (AvgIpc) is 3.42. The van der Waals surface area contributed by atoms with Crippen molar-refractivity contribution in [1.29, 1.82) is 0 Å². The van der Waals surface area contributed by atoms with Crippen molar-refractivity contribution in [3.63, 3.8) is 0 Å². The van der Waals surface area contributed by atoms with Crippen LogP contribution in [0.5, 0.6) is 11.5 Å². The van der Waals surface area contributed by atoms with Crippen molar-refractivity contribution in [3.8, 4) is 11.5 Å². The van der Waals surface area contributed by atoms with Gasteiger partial charge in [-0.3, -0.25) is 4.79 Å². The van der Waals surface area contributed by atoms with Crippen molar-refractivity contribution in [3.05, 3.63) is 89.3 Å². The molecule has 2 heterocycles. The summed E-state index contributed by atoms with van der Waals surface area (Å²) >= 11 is 0. The maximum Gasteiger partial charge on any atom is 0.344 e. The summed E-state index contributed by atoms with van der Waals surface area (Å²) in [6.07, 6.45) is 5.65. The molecule has 6 nitrogen and oxygen atoms in total. The SMILES string of the molecule is C[C@H](Oc1cccc(/C=C/Cn2cccc2C(=O)c2ccc3c(c2)CCO3)c1)C(=O)O. The van der Waals surface area contributed by atoms with E-state index in [1.165, 1.54) is 6.92 Å². The minimum atomic E-state index is -1.01. The molecule has 31 heavy (non-hydrogen) atoms. The maximum atomic E-state index is 13.0. The number of aliphatic carboxylic acids is 1. The van der Waals surface area contributed by atoms with E-state index in [-0.39, 0.29) is 5.78 Å². The second-order valence-electron chi connectivity index (χ2n) is 7.37. The molecule has 158 valence electrons. The van der Waals surface area contributed by atoms with Gasteiger partial charge in [0.15, 0.2) is 6.10 Å². The first-order valence-corrected chi connectivity index (χ1v) is 10.1. The molecule has 1 aromatic heterocycles. The molecule has 1 aliphatic rings. The summed E-state index contributed by atoms with van der Waals surface area (Å²) in [5.41, 5.74) is 3.23. The van der Waals surface area contributed by atoms with Crippen LogP contribution in [0.15, 0.2) is 66.9 Å². The molecule has 0 amide bonds. The minimum Gasteiger partial charge on any atom is -0.493 e. The van der Waals surface area contributed by atoms with E-state index in [0.29, 0.717) is 30.2 Å². The van der Waals surface area contributed by atoms with Crippen LogP contribution >= 0.6 is 0 Å². The molecular formula is C25H23NO5. The number of rotatable bonds is 8. The van der Waals surface area contributed by atoms with Gasteiger partial charge in [0, 0.05) is 24.7 Å². The second-order valence-corrected chi connectivity index (χ2v) is 7.37. The summed E-state index contributed by atoms with van der Waals surface area (Å²) in [4.78, 5) is 24.0. The highest BCUT2D eigenvalue weighted by Crippen LogP contribution is 2.27. The number of benzene rings is 2. The predicted molar refractivity (Wildman–Crippen MR) is 117 cm³/mol. The average molecular weight is 417 g/mol. The molecular weight excluding hydrogens is 394 g/mol. The predicted octanol–water partition coefficient (Wildman–Crippen LogP) is 4.22. The van der Waals surface area contributed by atoms with Crippen molar-refractivity contribution in [2.75, 3.05) is 6.61 Å². The molecule has 4 rings (SSSR count). The van der Waals surface area contributed by atoms with Crippen LogP contribution in [-0.2, 0) is 17.8 Å². The van der Waals surface area contributed by atoms with Gasteiger partial charge in [0.05, 0.1) is 12.3 Å². The number of carboxylic acid groups (broad SMARTS) is 1. The highest BCUT2D eigenvalue weighted by atomic mass is 16.5. The number of ketones is 1. The standard InChI is InChI=1S/C25H23NO5/c1-17(25(28)29)31-21-7-2-5-18(15-21)6-3-12-26-13-4-8-22(26)24(27)20-9-10-23-19(16-20)11-14-30-23/h2-10,13,15-17H,11-12,14H2,1H3,(H,28,29)/b6-3+/t17-/m0/s1. The van der Waals surface area contributed by atoms with Crippen LogP contribution in [0.3, 0.4) is 0 Å². The van der Waals surface area contributed by atoms with E-state index >= 15 is 0 Å². The van der Waals surface area contributed by atoms with E-state index in [9.17, 15) is 9.59 Å². The lowest BCUT2D eigenvalue weighted by molar-refractivity contribution is -0.144. The van der Waals surface area contributed by atoms with E-state index in [1.54, 1.807) is 12.1 Å². The Balaban J connectivity index is 1.45. The number of ether oxygens (including phenoxy) is 2. The Morgan fingerprint density at radius 1 is 1.19 bits per heavy atom. The van der Waals surface area contributed by atoms with Gasteiger partial charge in [0.1, 0.15) is 11.5 Å². The summed E-state index contributed by atoms with van der Waals surface area (Å²) in [6, 6.07) is 16.5. The van der Waals surface area contributed by atoms with E-state index in [0.717, 1.165) is 23.3 Å². The highest BCUT2D eigenvalue weighted by Gasteiger charge is 2.18. The highest BCUT2D eigenvalue weighted by molar-refractivity contribution is 6.08. The van der Waals surface area contributed by atoms with Gasteiger partial charge in [0.25, 0.3) is 0 Å². The van der Waals surface area contributed by atoms with Crippen LogP contribution < -0.4 is 9.47 Å². The van der Waals surface area contributed by atoms with Gasteiger partial charge in [-0.25, -0.2) is 4.79 Å². The number of allylic oxidation sites excluding steroid dienone is 1. The van der Waals surface area contributed by atoms with Gasteiger partial charge in [-0.1, -0.05) is 24.3 Å². The van der Waals surface area contributed by atoms with Crippen LogP contribution in [-0.4, -0.2) is 34.1 Å². The third-order valence-corrected chi connectivity index (χ3v) is 5.14. The summed E-state index contributed by atoms with van der Waals surface area (Å²) in [6.45, 7) is 2.68. The number of carbonyl (C=O) groups is 2. The van der Waals surface area contributed by atoms with Crippen molar-refractivity contribution in [1.82, 2.24) is 4.57 Å². The first-order valence-electron chi connectivity index (χ1n) is 10.1. The van der Waals surface area contributed by atoms with Crippen molar-refractivity contribution in [2.45, 2.75) is 26.0 Å². The Kier molecular flexibility index (Phi) is 5.89. The van der Waals surface area contributed by atoms with Crippen molar-refractivity contribution >= 4 is 17.8 Å². The molecule has 0 aliphatic carbocycles. The molecule has 1 aliphatic heterocycles. The summed E-state index contributed by atoms with van der Waals surface area (Å²) in [5, 5.41) is 8.98. The lowest BCUT2D eigenvalue weighted by atomic mass is 10.0. The molecule has 2 aromatic carbocycles. The summed E-state index contributed by atoms with van der Waals surface area (Å²) in [5.74, 6) is 0.320. The lowest BCUT2D eigenvalue weighted by Gasteiger charge is -2.10. The van der Waals surface area contributed by atoms with E-state index < -0.39 is 12.1 Å². The molecule has 0 radical (unpaired) electrons. The van der Waals surface area contributed by atoms with Gasteiger partial charge in [0.2, 0.25) is 5.78 Å². The molecule has 0 fully saturated rings. The smallest absolute Gasteiger partial charge is 0.344 e. The Bertz CT molecular complexity index is 1140. The van der Waals surface area contributed by atoms with E-state index in [4.69, 9.17) is 14.6 Å². The number of aromatic nitrogens is 1. The summed E-state index contributed by atoms with van der Waals surface area (Å²) in [7, 11) is 0. The van der Waals surface area contributed by atoms with Gasteiger partial charge >= 0.3 is 5.97 Å². The third kappa shape index (κ3) is 4.69. The normalized spacial score (nSPS) is 13.6. The monoisotopic (exact) mass is 417 g/mol. The zero-order valence-electron chi connectivity index (χ0n) is 17.2. The van der Waals surface area contributed by atoms with E-state index in [1.807, 2.05) is 65.4 Å². The van der Waals surface area contributed by atoms with Crippen LogP contribution in [0, 0.1) is 0 Å². The third-order valence-electron chi connectivity index (χ3n) is 5.14. The Morgan fingerprint density at radius 3 is 2.90 bits per heavy atom. The van der Waals surface area contributed by atoms with Gasteiger partial charge in [-0.15, -0.1) is 0 Å². The molecule has 0 unspecified atom stereocenters. The number of hydrogen-bond acceptors (Lipinski definition) is 4. The Hall–Kier alpha value is -3.80. The van der Waals surface area contributed by atoms with E-state index in [2.05, 4.69) is 0 Å². The van der Waals surface area contributed by atoms with Crippen LogP contribution in [0.25, 0.3) is 6.08 Å². The molecule has 3 aromatic rings. The molecule has 0 saturated carbocycles. The minimum absolute atomic E-state index is 0.0221. The van der Waals surface area contributed by atoms with Crippen molar-refractivity contribution in [2.24, 2.45) is 0 Å². The molecule has 1 atom stereocenters. The second kappa shape index (κ2) is 8.92. The Labute approximate surface area is 180 Å². The number of nitrogens with zero attached hydrogens (tertiary/aromatic N) is 1. The molecule has 0 spiro atoms. The molecule has 6 heteroatoms. The lowest BCUT2D eigenvalue weighted by Crippen LogP contribution is -2.22. The fraction of sp³-hybridized carbons (Fsp3) is 0.200. The quantitative estimate of drug-likeness (QED) is 0.555.